The number of para-hydroxylation sites is 1. The zero-order chi connectivity index (χ0) is 16.2. The van der Waals surface area contributed by atoms with Crippen LogP contribution in [0.25, 0.3) is 0 Å². The predicted octanol–water partition coefficient (Wildman–Crippen LogP) is 4.34. The first-order valence-corrected chi connectivity index (χ1v) is 7.80. The molecule has 2 aromatic heterocycles. The topological polar surface area (TPSA) is 42.7 Å². The fourth-order valence-electron chi connectivity index (χ4n) is 2.01. The maximum absolute atomic E-state index is 13.5. The molecule has 0 radical (unpaired) electrons. The van der Waals surface area contributed by atoms with Gasteiger partial charge in [0.2, 0.25) is 0 Å². The summed E-state index contributed by atoms with van der Waals surface area (Å²) >= 11 is 1.47. The first kappa shape index (κ1) is 15.3. The lowest BCUT2D eigenvalue weighted by Gasteiger charge is -2.12. The summed E-state index contributed by atoms with van der Waals surface area (Å²) in [5, 5.41) is 2.73. The minimum Gasteiger partial charge on any atom is -0.483 e. The third kappa shape index (κ3) is 3.43. The number of halogens is 1. The van der Waals surface area contributed by atoms with Crippen LogP contribution in [-0.4, -0.2) is 13.0 Å². The number of hydrogen-bond donors (Lipinski definition) is 0. The minimum atomic E-state index is -0.437. The molecule has 0 aliphatic heterocycles. The van der Waals surface area contributed by atoms with Crippen LogP contribution in [-0.2, 0) is 6.61 Å². The van der Waals surface area contributed by atoms with E-state index in [9.17, 15) is 9.18 Å². The van der Waals surface area contributed by atoms with Gasteiger partial charge in [-0.1, -0.05) is 12.1 Å². The normalized spacial score (nSPS) is 10.5. The number of ether oxygens (including phenoxy) is 1. The van der Waals surface area contributed by atoms with Crippen molar-refractivity contribution < 1.29 is 18.3 Å². The van der Waals surface area contributed by atoms with E-state index in [1.165, 1.54) is 28.4 Å². The zero-order valence-electron chi connectivity index (χ0n) is 12.4. The Hall–Kier alpha value is -2.60. The summed E-state index contributed by atoms with van der Waals surface area (Å²) in [6, 6.07) is 13.1. The van der Waals surface area contributed by atoms with E-state index in [-0.39, 0.29) is 24.0 Å². The molecule has 4 nitrogen and oxygen atoms in total. The maximum Gasteiger partial charge on any atom is 0.294 e. The van der Waals surface area contributed by atoms with Gasteiger partial charge in [0.1, 0.15) is 12.4 Å². The highest BCUT2D eigenvalue weighted by atomic mass is 32.1. The molecule has 0 bridgehead atoms. The lowest BCUT2D eigenvalue weighted by Crippen LogP contribution is -2.24. The van der Waals surface area contributed by atoms with E-state index in [1.807, 2.05) is 17.5 Å². The number of hydrogen-bond acceptors (Lipinski definition) is 4. The van der Waals surface area contributed by atoms with Gasteiger partial charge in [0, 0.05) is 7.05 Å². The third-order valence-electron chi connectivity index (χ3n) is 3.22. The second-order valence-electron chi connectivity index (χ2n) is 4.80. The molecule has 0 N–H and O–H groups in total. The summed E-state index contributed by atoms with van der Waals surface area (Å²) in [6.07, 6.45) is 0. The fraction of sp³-hybridized carbons (Fsp3) is 0.118. The van der Waals surface area contributed by atoms with E-state index in [0.29, 0.717) is 5.76 Å². The van der Waals surface area contributed by atoms with Crippen molar-refractivity contribution in [1.82, 2.24) is 0 Å². The predicted molar refractivity (Wildman–Crippen MR) is 86.5 cm³/mol. The van der Waals surface area contributed by atoms with Gasteiger partial charge in [-0.3, -0.25) is 4.79 Å². The van der Waals surface area contributed by atoms with Gasteiger partial charge in [-0.15, -0.1) is 11.3 Å². The molecule has 23 heavy (non-hydrogen) atoms. The average molecular weight is 331 g/mol. The van der Waals surface area contributed by atoms with Gasteiger partial charge in [0.05, 0.1) is 5.00 Å². The smallest absolute Gasteiger partial charge is 0.294 e. The SMILES string of the molecule is CN(C(=O)c1ccc(COc2ccccc2F)o1)c1cccs1. The molecular weight excluding hydrogens is 317 g/mol. The van der Waals surface area contributed by atoms with Crippen molar-refractivity contribution in [3.05, 3.63) is 71.2 Å². The molecule has 0 unspecified atom stereocenters. The molecule has 0 saturated carbocycles. The van der Waals surface area contributed by atoms with E-state index in [4.69, 9.17) is 9.15 Å². The van der Waals surface area contributed by atoms with Crippen LogP contribution in [0.1, 0.15) is 16.3 Å². The first-order chi connectivity index (χ1) is 11.1. The first-order valence-electron chi connectivity index (χ1n) is 6.93. The van der Waals surface area contributed by atoms with Crippen molar-refractivity contribution in [2.45, 2.75) is 6.61 Å². The molecule has 3 rings (SSSR count). The van der Waals surface area contributed by atoms with Gasteiger partial charge in [-0.2, -0.15) is 0 Å². The molecule has 6 heteroatoms. The van der Waals surface area contributed by atoms with Crippen LogP contribution in [0, 0.1) is 5.82 Å². The Morgan fingerprint density at radius 3 is 2.78 bits per heavy atom. The molecule has 2 heterocycles. The van der Waals surface area contributed by atoms with Gasteiger partial charge >= 0.3 is 0 Å². The molecule has 1 amide bonds. The van der Waals surface area contributed by atoms with Crippen molar-refractivity contribution in [3.63, 3.8) is 0 Å². The van der Waals surface area contributed by atoms with Crippen molar-refractivity contribution >= 4 is 22.2 Å². The number of rotatable bonds is 5. The van der Waals surface area contributed by atoms with Crippen LogP contribution < -0.4 is 9.64 Å². The Labute approximate surface area is 136 Å². The highest BCUT2D eigenvalue weighted by molar-refractivity contribution is 7.14. The zero-order valence-corrected chi connectivity index (χ0v) is 13.2. The number of amides is 1. The van der Waals surface area contributed by atoms with Crippen molar-refractivity contribution in [2.75, 3.05) is 11.9 Å². The van der Waals surface area contributed by atoms with Crippen LogP contribution in [0.15, 0.2) is 58.3 Å². The van der Waals surface area contributed by atoms with Gasteiger partial charge in [-0.25, -0.2) is 4.39 Å². The van der Waals surface area contributed by atoms with Crippen LogP contribution in [0.3, 0.4) is 0 Å². The minimum absolute atomic E-state index is 0.0525. The Morgan fingerprint density at radius 2 is 2.04 bits per heavy atom. The van der Waals surface area contributed by atoms with Crippen molar-refractivity contribution in [1.29, 1.82) is 0 Å². The number of carbonyl (C=O) groups is 1. The average Bonchev–Trinajstić information content (AvgIpc) is 3.24. The number of anilines is 1. The Balaban J connectivity index is 1.66. The van der Waals surface area contributed by atoms with E-state index < -0.39 is 5.82 Å². The molecule has 0 fully saturated rings. The molecule has 0 aliphatic rings. The molecular formula is C17H14FNO3S. The Kier molecular flexibility index (Phi) is 4.43. The molecule has 1 aromatic carbocycles. The fourth-order valence-corrected chi connectivity index (χ4v) is 2.70. The maximum atomic E-state index is 13.5. The highest BCUT2D eigenvalue weighted by Crippen LogP contribution is 2.23. The van der Waals surface area contributed by atoms with E-state index in [1.54, 1.807) is 31.3 Å². The van der Waals surface area contributed by atoms with Crippen LogP contribution in [0.2, 0.25) is 0 Å². The third-order valence-corrected chi connectivity index (χ3v) is 4.17. The molecule has 3 aromatic rings. The molecule has 0 atom stereocenters. The van der Waals surface area contributed by atoms with Gasteiger partial charge in [0.15, 0.2) is 17.3 Å². The van der Waals surface area contributed by atoms with E-state index >= 15 is 0 Å². The molecule has 118 valence electrons. The molecule has 0 saturated heterocycles. The summed E-state index contributed by atoms with van der Waals surface area (Å²) in [4.78, 5) is 13.8. The lowest BCUT2D eigenvalue weighted by atomic mass is 10.3. The lowest BCUT2D eigenvalue weighted by molar-refractivity contribution is 0.0963. The van der Waals surface area contributed by atoms with Gasteiger partial charge in [0.25, 0.3) is 5.91 Å². The summed E-state index contributed by atoms with van der Waals surface area (Å²) in [5.41, 5.74) is 0. The number of nitrogens with zero attached hydrogens (tertiary/aromatic N) is 1. The quantitative estimate of drug-likeness (QED) is 0.698. The van der Waals surface area contributed by atoms with E-state index in [0.717, 1.165) is 5.00 Å². The van der Waals surface area contributed by atoms with Gasteiger partial charge < -0.3 is 14.1 Å². The van der Waals surface area contributed by atoms with Crippen molar-refractivity contribution in [2.24, 2.45) is 0 Å². The van der Waals surface area contributed by atoms with E-state index in [2.05, 4.69) is 0 Å². The largest absolute Gasteiger partial charge is 0.483 e. The van der Waals surface area contributed by atoms with Gasteiger partial charge in [-0.05, 0) is 41.8 Å². The number of carbonyl (C=O) groups excluding carboxylic acids is 1. The van der Waals surface area contributed by atoms with Crippen LogP contribution in [0.5, 0.6) is 5.75 Å². The standard InChI is InChI=1S/C17H14FNO3S/c1-19(16-7-4-10-23-16)17(20)15-9-8-12(22-15)11-21-14-6-3-2-5-13(14)18/h2-10H,11H2,1H3. The summed E-state index contributed by atoms with van der Waals surface area (Å²) < 4.78 is 24.3. The van der Waals surface area contributed by atoms with Crippen LogP contribution in [0.4, 0.5) is 9.39 Å². The summed E-state index contributed by atoms with van der Waals surface area (Å²) in [6.45, 7) is 0.0525. The monoisotopic (exact) mass is 331 g/mol. The number of furan rings is 1. The molecule has 0 spiro atoms. The number of thiophene rings is 1. The Bertz CT molecular complexity index is 798. The second-order valence-corrected chi connectivity index (χ2v) is 5.73. The van der Waals surface area contributed by atoms with Crippen LogP contribution >= 0.6 is 11.3 Å². The summed E-state index contributed by atoms with van der Waals surface area (Å²) in [5.74, 6) is 0.133. The Morgan fingerprint density at radius 1 is 1.22 bits per heavy atom. The highest BCUT2D eigenvalue weighted by Gasteiger charge is 2.18. The second kappa shape index (κ2) is 6.66. The summed E-state index contributed by atoms with van der Waals surface area (Å²) in [7, 11) is 1.69. The van der Waals surface area contributed by atoms with Crippen molar-refractivity contribution in [3.8, 4) is 5.75 Å². The number of benzene rings is 1. The molecule has 0 aliphatic carbocycles.